The van der Waals surface area contributed by atoms with E-state index >= 15 is 0 Å². The lowest BCUT2D eigenvalue weighted by atomic mass is 9.79. The molecule has 0 bridgehead atoms. The quantitative estimate of drug-likeness (QED) is 0.203. The normalized spacial score (nSPS) is 14.7. The molecular weight excluding hydrogens is 641 g/mol. The van der Waals surface area contributed by atoms with Gasteiger partial charge in [0.2, 0.25) is 0 Å². The molecular formula is C46H32N4S. The fourth-order valence-electron chi connectivity index (χ4n) is 8.70. The second kappa shape index (κ2) is 10.5. The zero-order chi connectivity index (χ0) is 33.8. The number of hydrogen-bond donors (Lipinski definition) is 1. The minimum Gasteiger partial charge on any atom is -0.387 e. The standard InChI is InChI=1S/C46H32N4S/c1-46(2)37-18-7-5-14-32(37)34-17-9-16-31(42(34)46)29-20-21-40-36(24-29)41-44(48-43(49-45(41)51-40)30-13-10-22-47-26-30)50-38-19-8-6-15-33(38)35-23-27-11-3-4-12-28(27)25-39(35)50/h3-21,23-26,47H,22H2,1-2H3. The molecule has 3 aromatic heterocycles. The van der Waals surface area contributed by atoms with Gasteiger partial charge in [-0.3, -0.25) is 4.57 Å². The number of thiophene rings is 1. The molecule has 0 saturated carbocycles. The maximum Gasteiger partial charge on any atom is 0.164 e. The number of dihydropyridines is 1. The van der Waals surface area contributed by atoms with Gasteiger partial charge in [0.05, 0.1) is 16.4 Å². The van der Waals surface area contributed by atoms with Crippen molar-refractivity contribution in [2.24, 2.45) is 0 Å². The van der Waals surface area contributed by atoms with E-state index < -0.39 is 0 Å². The van der Waals surface area contributed by atoms with Crippen molar-refractivity contribution >= 4 is 69.8 Å². The Hall–Kier alpha value is -6.04. The molecule has 2 aliphatic rings. The fraction of sp³-hybridized carbons (Fsp3) is 0.0870. The lowest BCUT2D eigenvalue weighted by Crippen LogP contribution is -2.16. The summed E-state index contributed by atoms with van der Waals surface area (Å²) in [6.07, 6.45) is 6.29. The Morgan fingerprint density at radius 1 is 0.686 bits per heavy atom. The number of rotatable bonds is 3. The predicted octanol–water partition coefficient (Wildman–Crippen LogP) is 11.6. The van der Waals surface area contributed by atoms with Gasteiger partial charge in [0.1, 0.15) is 4.83 Å². The van der Waals surface area contributed by atoms with Gasteiger partial charge in [-0.05, 0) is 74.5 Å². The Labute approximate surface area is 299 Å². The third-order valence-corrected chi connectivity index (χ3v) is 12.1. The summed E-state index contributed by atoms with van der Waals surface area (Å²) in [5, 5.41) is 10.5. The second-order valence-electron chi connectivity index (χ2n) is 14.2. The van der Waals surface area contributed by atoms with Crippen LogP contribution in [0.15, 0.2) is 140 Å². The highest BCUT2D eigenvalue weighted by molar-refractivity contribution is 7.25. The first-order chi connectivity index (χ1) is 25.0. The number of fused-ring (bicyclic) bond motifs is 10. The minimum absolute atomic E-state index is 0.113. The van der Waals surface area contributed by atoms with Gasteiger partial charge in [0.15, 0.2) is 11.6 Å². The number of aromatic nitrogens is 3. The van der Waals surface area contributed by atoms with Gasteiger partial charge in [-0.2, -0.15) is 0 Å². The van der Waals surface area contributed by atoms with Crippen LogP contribution in [-0.2, 0) is 5.41 Å². The van der Waals surface area contributed by atoms with Crippen LogP contribution in [0.25, 0.3) is 86.5 Å². The lowest BCUT2D eigenvalue weighted by molar-refractivity contribution is 0.662. The van der Waals surface area contributed by atoms with Crippen LogP contribution in [0.4, 0.5) is 0 Å². The third-order valence-electron chi connectivity index (χ3n) is 11.0. The molecule has 0 spiro atoms. The van der Waals surface area contributed by atoms with Crippen molar-refractivity contribution in [3.05, 3.63) is 157 Å². The molecule has 0 radical (unpaired) electrons. The summed E-state index contributed by atoms with van der Waals surface area (Å²) in [7, 11) is 0. The summed E-state index contributed by atoms with van der Waals surface area (Å²) in [6.45, 7) is 5.53. The van der Waals surface area contributed by atoms with Crippen molar-refractivity contribution in [3.63, 3.8) is 0 Å². The van der Waals surface area contributed by atoms with E-state index in [1.165, 1.54) is 65.0 Å². The van der Waals surface area contributed by atoms with Crippen LogP contribution in [0, 0.1) is 0 Å². The average Bonchev–Trinajstić information content (AvgIpc) is 3.79. The number of nitrogens with one attached hydrogen (secondary N) is 1. The summed E-state index contributed by atoms with van der Waals surface area (Å²) in [4.78, 5) is 11.7. The van der Waals surface area contributed by atoms with E-state index in [1.54, 1.807) is 11.3 Å². The number of benzene rings is 6. The van der Waals surface area contributed by atoms with Crippen LogP contribution in [0.3, 0.4) is 0 Å². The second-order valence-corrected chi connectivity index (χ2v) is 15.3. The predicted molar refractivity (Wildman–Crippen MR) is 215 cm³/mol. The molecule has 1 aliphatic carbocycles. The van der Waals surface area contributed by atoms with E-state index in [1.807, 2.05) is 6.20 Å². The highest BCUT2D eigenvalue weighted by Gasteiger charge is 2.37. The SMILES string of the molecule is CC1(C)c2ccccc2-c2cccc(-c3ccc4sc5nc(C6=CNCC=C6)nc(-n6c7ccccc7c7cc8ccccc8cc76)c5c4c3)c21. The summed E-state index contributed by atoms with van der Waals surface area (Å²) in [5.74, 6) is 1.63. The van der Waals surface area contributed by atoms with Gasteiger partial charge in [-0.25, -0.2) is 9.97 Å². The van der Waals surface area contributed by atoms with Crippen LogP contribution < -0.4 is 5.32 Å². The Kier molecular flexibility index (Phi) is 5.91. The molecule has 0 atom stereocenters. The molecule has 9 aromatic rings. The van der Waals surface area contributed by atoms with Crippen LogP contribution in [0.5, 0.6) is 0 Å². The Balaban J connectivity index is 1.23. The van der Waals surface area contributed by atoms with Gasteiger partial charge < -0.3 is 5.32 Å². The third kappa shape index (κ3) is 4.07. The zero-order valence-corrected chi connectivity index (χ0v) is 29.1. The fourth-order valence-corrected chi connectivity index (χ4v) is 9.75. The first kappa shape index (κ1) is 28.8. The molecule has 0 amide bonds. The topological polar surface area (TPSA) is 42.7 Å². The summed E-state index contributed by atoms with van der Waals surface area (Å²) < 4.78 is 3.58. The van der Waals surface area contributed by atoms with Gasteiger partial charge in [-0.15, -0.1) is 11.3 Å². The average molecular weight is 673 g/mol. The van der Waals surface area contributed by atoms with E-state index in [9.17, 15) is 0 Å². The van der Waals surface area contributed by atoms with Crippen LogP contribution in [0.1, 0.15) is 30.8 Å². The first-order valence-corrected chi connectivity index (χ1v) is 18.4. The Morgan fingerprint density at radius 3 is 2.35 bits per heavy atom. The molecule has 6 aromatic carbocycles. The van der Waals surface area contributed by atoms with E-state index in [0.29, 0.717) is 0 Å². The molecule has 0 fully saturated rings. The van der Waals surface area contributed by atoms with Gasteiger partial charge in [0, 0.05) is 44.6 Å². The molecule has 242 valence electrons. The molecule has 51 heavy (non-hydrogen) atoms. The molecule has 1 N–H and O–H groups in total. The summed E-state index contributed by atoms with van der Waals surface area (Å²) in [5.41, 5.74) is 11.1. The van der Waals surface area contributed by atoms with Crippen molar-refractivity contribution in [1.82, 2.24) is 19.9 Å². The van der Waals surface area contributed by atoms with E-state index in [4.69, 9.17) is 9.97 Å². The monoisotopic (exact) mass is 672 g/mol. The van der Waals surface area contributed by atoms with Crippen molar-refractivity contribution in [1.29, 1.82) is 0 Å². The van der Waals surface area contributed by atoms with E-state index in [0.717, 1.165) is 45.0 Å². The smallest absolute Gasteiger partial charge is 0.164 e. The number of nitrogens with zero attached hydrogens (tertiary/aromatic N) is 3. The van der Waals surface area contributed by atoms with Gasteiger partial charge >= 0.3 is 0 Å². The molecule has 0 unspecified atom stereocenters. The number of hydrogen-bond acceptors (Lipinski definition) is 4. The Morgan fingerprint density at radius 2 is 1.47 bits per heavy atom. The van der Waals surface area contributed by atoms with Crippen molar-refractivity contribution < 1.29 is 0 Å². The number of para-hydroxylation sites is 1. The summed E-state index contributed by atoms with van der Waals surface area (Å²) >= 11 is 1.75. The lowest BCUT2D eigenvalue weighted by Gasteiger charge is -2.24. The first-order valence-electron chi connectivity index (χ1n) is 17.6. The van der Waals surface area contributed by atoms with Crippen LogP contribution in [0.2, 0.25) is 0 Å². The molecule has 4 heterocycles. The van der Waals surface area contributed by atoms with Crippen LogP contribution in [-0.4, -0.2) is 21.1 Å². The maximum atomic E-state index is 5.48. The largest absolute Gasteiger partial charge is 0.387 e. The zero-order valence-electron chi connectivity index (χ0n) is 28.2. The molecule has 0 saturated heterocycles. The molecule has 1 aliphatic heterocycles. The van der Waals surface area contributed by atoms with Crippen molar-refractivity contribution in [2.45, 2.75) is 19.3 Å². The van der Waals surface area contributed by atoms with Crippen LogP contribution >= 0.6 is 11.3 Å². The van der Waals surface area contributed by atoms with E-state index in [2.05, 4.69) is 157 Å². The van der Waals surface area contributed by atoms with E-state index in [-0.39, 0.29) is 5.41 Å². The van der Waals surface area contributed by atoms with Gasteiger partial charge in [0.25, 0.3) is 0 Å². The molecule has 11 rings (SSSR count). The highest BCUT2D eigenvalue weighted by atomic mass is 32.1. The highest BCUT2D eigenvalue weighted by Crippen LogP contribution is 2.52. The van der Waals surface area contributed by atoms with Crippen molar-refractivity contribution in [2.75, 3.05) is 6.54 Å². The number of allylic oxidation sites excluding steroid dienone is 2. The summed E-state index contributed by atoms with van der Waals surface area (Å²) in [6, 6.07) is 44.7. The maximum absolute atomic E-state index is 5.48. The van der Waals surface area contributed by atoms with Gasteiger partial charge in [-0.1, -0.05) is 117 Å². The molecule has 5 heteroatoms. The van der Waals surface area contributed by atoms with Crippen molar-refractivity contribution in [3.8, 4) is 28.1 Å². The minimum atomic E-state index is -0.113. The molecule has 4 nitrogen and oxygen atoms in total. The Bertz CT molecular complexity index is 3010.